The SMILES string of the molecule is Cc1[nH]c2nc(-c3ccccc3)nc(NC3CCC(CC(=O)c4ccccc4)CC3)c2c1C. The van der Waals surface area contributed by atoms with E-state index in [-0.39, 0.29) is 5.78 Å². The van der Waals surface area contributed by atoms with Crippen LogP contribution in [0.25, 0.3) is 22.4 Å². The molecule has 0 aliphatic heterocycles. The lowest BCUT2D eigenvalue weighted by molar-refractivity contribution is 0.0949. The van der Waals surface area contributed by atoms with Crippen molar-refractivity contribution in [1.29, 1.82) is 0 Å². The molecule has 0 spiro atoms. The number of hydrogen-bond donors (Lipinski definition) is 2. The number of anilines is 1. The van der Waals surface area contributed by atoms with Crippen LogP contribution in [-0.2, 0) is 0 Å². The number of aromatic amines is 1. The zero-order valence-corrected chi connectivity index (χ0v) is 19.3. The molecule has 0 atom stereocenters. The van der Waals surface area contributed by atoms with Crippen LogP contribution in [-0.4, -0.2) is 26.8 Å². The molecule has 5 heteroatoms. The predicted molar refractivity (Wildman–Crippen MR) is 134 cm³/mol. The molecular formula is C28H30N4O. The Labute approximate surface area is 194 Å². The molecule has 0 saturated heterocycles. The maximum Gasteiger partial charge on any atom is 0.163 e. The topological polar surface area (TPSA) is 70.7 Å². The zero-order valence-electron chi connectivity index (χ0n) is 19.3. The summed E-state index contributed by atoms with van der Waals surface area (Å²) in [7, 11) is 0. The Morgan fingerprint density at radius 3 is 2.30 bits per heavy atom. The third-order valence-electron chi connectivity index (χ3n) is 6.94. The molecule has 2 aromatic carbocycles. The summed E-state index contributed by atoms with van der Waals surface area (Å²) in [4.78, 5) is 25.8. The fraction of sp³-hybridized carbons (Fsp3) is 0.321. The van der Waals surface area contributed by atoms with Crippen LogP contribution in [0.15, 0.2) is 60.7 Å². The van der Waals surface area contributed by atoms with E-state index in [1.807, 2.05) is 60.7 Å². The van der Waals surface area contributed by atoms with E-state index in [9.17, 15) is 4.79 Å². The van der Waals surface area contributed by atoms with Crippen LogP contribution in [0.5, 0.6) is 0 Å². The number of nitrogens with one attached hydrogen (secondary N) is 2. The number of aromatic nitrogens is 3. The molecular weight excluding hydrogens is 408 g/mol. The van der Waals surface area contributed by atoms with Crippen molar-refractivity contribution in [2.24, 2.45) is 5.92 Å². The van der Waals surface area contributed by atoms with Crippen molar-refractivity contribution < 1.29 is 4.79 Å². The highest BCUT2D eigenvalue weighted by Crippen LogP contribution is 2.33. The minimum Gasteiger partial charge on any atom is -0.367 e. The lowest BCUT2D eigenvalue weighted by Crippen LogP contribution is -2.27. The minimum absolute atomic E-state index is 0.260. The van der Waals surface area contributed by atoms with Gasteiger partial charge in [-0.05, 0) is 51.0 Å². The van der Waals surface area contributed by atoms with Crippen molar-refractivity contribution >= 4 is 22.6 Å². The van der Waals surface area contributed by atoms with Crippen LogP contribution >= 0.6 is 0 Å². The highest BCUT2D eigenvalue weighted by molar-refractivity contribution is 5.96. The fourth-order valence-corrected chi connectivity index (χ4v) is 4.89. The second-order valence-electron chi connectivity index (χ2n) is 9.22. The Morgan fingerprint density at radius 1 is 0.939 bits per heavy atom. The van der Waals surface area contributed by atoms with E-state index in [0.29, 0.717) is 18.4 Å². The second-order valence-corrected chi connectivity index (χ2v) is 9.22. The third kappa shape index (κ3) is 4.54. The molecule has 0 amide bonds. The van der Waals surface area contributed by atoms with Crippen LogP contribution in [0.1, 0.15) is 53.7 Å². The number of nitrogens with zero attached hydrogens (tertiary/aromatic N) is 2. The molecule has 33 heavy (non-hydrogen) atoms. The van der Waals surface area contributed by atoms with Gasteiger partial charge in [-0.1, -0.05) is 60.7 Å². The largest absolute Gasteiger partial charge is 0.367 e. The lowest BCUT2D eigenvalue weighted by Gasteiger charge is -2.29. The van der Waals surface area contributed by atoms with Gasteiger partial charge in [0.05, 0.1) is 5.39 Å². The number of fused-ring (bicyclic) bond motifs is 1. The summed E-state index contributed by atoms with van der Waals surface area (Å²) >= 11 is 0. The van der Waals surface area contributed by atoms with Crippen LogP contribution in [0.4, 0.5) is 5.82 Å². The average molecular weight is 439 g/mol. The van der Waals surface area contributed by atoms with Crippen molar-refractivity contribution in [3.05, 3.63) is 77.5 Å². The van der Waals surface area contributed by atoms with Gasteiger partial charge in [0, 0.05) is 29.3 Å². The smallest absolute Gasteiger partial charge is 0.163 e. The number of carbonyl (C=O) groups excluding carboxylic acids is 1. The van der Waals surface area contributed by atoms with Gasteiger partial charge in [-0.25, -0.2) is 9.97 Å². The van der Waals surface area contributed by atoms with Crippen LogP contribution in [0, 0.1) is 19.8 Å². The summed E-state index contributed by atoms with van der Waals surface area (Å²) in [6.07, 6.45) is 4.84. The first-order valence-electron chi connectivity index (χ1n) is 11.9. The van der Waals surface area contributed by atoms with Crippen LogP contribution in [0.2, 0.25) is 0 Å². The third-order valence-corrected chi connectivity index (χ3v) is 6.94. The number of H-pyrrole nitrogens is 1. The van der Waals surface area contributed by atoms with Gasteiger partial charge in [0.2, 0.25) is 0 Å². The maximum atomic E-state index is 12.6. The molecule has 1 aliphatic carbocycles. The molecule has 5 rings (SSSR count). The van der Waals surface area contributed by atoms with E-state index < -0.39 is 0 Å². The number of aryl methyl sites for hydroxylation is 2. The molecule has 5 nitrogen and oxygen atoms in total. The van der Waals surface area contributed by atoms with Gasteiger partial charge < -0.3 is 10.3 Å². The van der Waals surface area contributed by atoms with E-state index in [0.717, 1.165) is 65.2 Å². The van der Waals surface area contributed by atoms with Crippen molar-refractivity contribution in [2.45, 2.75) is 52.0 Å². The summed E-state index contributed by atoms with van der Waals surface area (Å²) in [5.41, 5.74) is 5.02. The molecule has 0 unspecified atom stereocenters. The first kappa shape index (κ1) is 21.4. The number of hydrogen-bond acceptors (Lipinski definition) is 4. The standard InChI is InChI=1S/C28H30N4O/c1-18-19(2)29-27-25(18)28(32-26(31-27)22-11-7-4-8-12-22)30-23-15-13-20(14-16-23)17-24(33)21-9-5-3-6-10-21/h3-12,20,23H,13-17H2,1-2H3,(H2,29,30,31,32). The Bertz CT molecular complexity index is 1260. The number of carbonyl (C=O) groups is 1. The van der Waals surface area contributed by atoms with Crippen LogP contribution in [0.3, 0.4) is 0 Å². The molecule has 0 bridgehead atoms. The summed E-state index contributed by atoms with van der Waals surface area (Å²) in [5, 5.41) is 4.82. The quantitative estimate of drug-likeness (QED) is 0.338. The van der Waals surface area contributed by atoms with Gasteiger partial charge in [0.25, 0.3) is 0 Å². The summed E-state index contributed by atoms with van der Waals surface area (Å²) in [5.74, 6) is 2.35. The zero-order chi connectivity index (χ0) is 22.8. The van der Waals surface area contributed by atoms with Gasteiger partial charge in [0.1, 0.15) is 11.5 Å². The molecule has 1 fully saturated rings. The lowest BCUT2D eigenvalue weighted by atomic mass is 9.82. The first-order valence-corrected chi connectivity index (χ1v) is 11.9. The Hall–Kier alpha value is -3.47. The van der Waals surface area contributed by atoms with Gasteiger partial charge in [-0.3, -0.25) is 4.79 Å². The van der Waals surface area contributed by atoms with Gasteiger partial charge in [-0.15, -0.1) is 0 Å². The summed E-state index contributed by atoms with van der Waals surface area (Å²) < 4.78 is 0. The molecule has 2 N–H and O–H groups in total. The highest BCUT2D eigenvalue weighted by atomic mass is 16.1. The summed E-state index contributed by atoms with van der Waals surface area (Å²) in [6, 6.07) is 20.1. The minimum atomic E-state index is 0.260. The van der Waals surface area contributed by atoms with Crippen molar-refractivity contribution in [3.63, 3.8) is 0 Å². The first-order chi connectivity index (χ1) is 16.1. The van der Waals surface area contributed by atoms with E-state index in [1.165, 1.54) is 5.56 Å². The number of ketones is 1. The average Bonchev–Trinajstić information content (AvgIpc) is 3.14. The van der Waals surface area contributed by atoms with Gasteiger partial charge in [-0.2, -0.15) is 0 Å². The van der Waals surface area contributed by atoms with E-state index in [1.54, 1.807) is 0 Å². The van der Waals surface area contributed by atoms with Crippen molar-refractivity contribution in [1.82, 2.24) is 15.0 Å². The molecule has 1 aliphatic rings. The normalized spacial score (nSPS) is 18.4. The maximum absolute atomic E-state index is 12.6. The monoisotopic (exact) mass is 438 g/mol. The van der Waals surface area contributed by atoms with Crippen LogP contribution < -0.4 is 5.32 Å². The van der Waals surface area contributed by atoms with Crippen molar-refractivity contribution in [2.75, 3.05) is 5.32 Å². The Balaban J connectivity index is 1.32. The molecule has 2 heterocycles. The Morgan fingerprint density at radius 2 is 1.61 bits per heavy atom. The highest BCUT2D eigenvalue weighted by Gasteiger charge is 2.25. The number of Topliss-reactive ketones (excluding diaryl/α,β-unsaturated/α-hetero) is 1. The number of benzene rings is 2. The van der Waals surface area contributed by atoms with E-state index in [2.05, 4.69) is 24.1 Å². The fourth-order valence-electron chi connectivity index (χ4n) is 4.89. The van der Waals surface area contributed by atoms with E-state index >= 15 is 0 Å². The predicted octanol–water partition coefficient (Wildman–Crippen LogP) is 6.49. The molecule has 1 saturated carbocycles. The molecule has 2 aromatic heterocycles. The number of rotatable bonds is 6. The second kappa shape index (κ2) is 9.18. The van der Waals surface area contributed by atoms with Gasteiger partial charge >= 0.3 is 0 Å². The summed E-state index contributed by atoms with van der Waals surface area (Å²) in [6.45, 7) is 4.20. The molecule has 4 aromatic rings. The molecule has 0 radical (unpaired) electrons. The Kier molecular flexibility index (Phi) is 5.95. The van der Waals surface area contributed by atoms with Gasteiger partial charge in [0.15, 0.2) is 11.6 Å². The molecule has 168 valence electrons. The van der Waals surface area contributed by atoms with Crippen molar-refractivity contribution in [3.8, 4) is 11.4 Å². The van der Waals surface area contributed by atoms with E-state index in [4.69, 9.17) is 9.97 Å².